The topological polar surface area (TPSA) is 83.6 Å². The van der Waals surface area contributed by atoms with Gasteiger partial charge >= 0.3 is 5.97 Å². The summed E-state index contributed by atoms with van der Waals surface area (Å²) in [6.45, 7) is 3.27. The molecule has 0 unspecified atom stereocenters. The van der Waals surface area contributed by atoms with E-state index in [1.807, 2.05) is 17.5 Å². The van der Waals surface area contributed by atoms with Crippen LogP contribution in [0.3, 0.4) is 0 Å². The zero-order chi connectivity index (χ0) is 13.4. The van der Waals surface area contributed by atoms with Crippen LogP contribution in [0, 0.1) is 12.8 Å². The normalized spacial score (nSPS) is 17.0. The van der Waals surface area contributed by atoms with E-state index in [0.717, 1.165) is 17.3 Å². The number of fused-ring (bicyclic) bond motifs is 1. The lowest BCUT2D eigenvalue weighted by atomic mass is 9.97. The van der Waals surface area contributed by atoms with Crippen molar-refractivity contribution in [2.75, 3.05) is 18.0 Å². The average Bonchev–Trinajstić information content (AvgIpc) is 2.81. The Kier molecular flexibility index (Phi) is 2.81. The average molecular weight is 261 g/mol. The van der Waals surface area contributed by atoms with Crippen LogP contribution in [-0.2, 0) is 4.79 Å². The number of carboxylic acid groups (broad SMARTS) is 1. The summed E-state index contributed by atoms with van der Waals surface area (Å²) in [6, 6.07) is 0. The number of aromatic nitrogens is 4. The molecule has 1 N–H and O–H groups in total. The van der Waals surface area contributed by atoms with Crippen molar-refractivity contribution in [1.82, 2.24) is 19.6 Å². The van der Waals surface area contributed by atoms with E-state index in [-0.39, 0.29) is 5.92 Å². The van der Waals surface area contributed by atoms with Crippen molar-refractivity contribution in [3.8, 4) is 0 Å². The van der Waals surface area contributed by atoms with Crippen LogP contribution in [0.25, 0.3) is 5.65 Å². The molecule has 3 rings (SSSR count). The van der Waals surface area contributed by atoms with E-state index in [0.29, 0.717) is 25.9 Å². The van der Waals surface area contributed by atoms with Gasteiger partial charge in [-0.15, -0.1) is 10.2 Å². The fourth-order valence-electron chi connectivity index (χ4n) is 2.49. The number of rotatable bonds is 2. The van der Waals surface area contributed by atoms with Gasteiger partial charge in [-0.1, -0.05) is 0 Å². The van der Waals surface area contributed by atoms with Crippen molar-refractivity contribution in [3.63, 3.8) is 0 Å². The van der Waals surface area contributed by atoms with Crippen molar-refractivity contribution in [2.24, 2.45) is 5.92 Å². The Morgan fingerprint density at radius 1 is 1.37 bits per heavy atom. The molecular weight excluding hydrogens is 246 g/mol. The standard InChI is InChI=1S/C12H15N5O2/c1-8-14-15-11-10(13-4-7-17(8)11)16-5-2-9(3-6-16)12(18)19/h4,7,9H,2-3,5-6H2,1H3,(H,18,19). The molecule has 7 heteroatoms. The highest BCUT2D eigenvalue weighted by molar-refractivity contribution is 5.71. The highest BCUT2D eigenvalue weighted by Gasteiger charge is 2.26. The summed E-state index contributed by atoms with van der Waals surface area (Å²) in [5.41, 5.74) is 0.730. The van der Waals surface area contributed by atoms with Gasteiger partial charge in [-0.2, -0.15) is 0 Å². The van der Waals surface area contributed by atoms with Crippen LogP contribution in [-0.4, -0.2) is 43.7 Å². The highest BCUT2D eigenvalue weighted by atomic mass is 16.4. The van der Waals surface area contributed by atoms with Crippen LogP contribution in [0.1, 0.15) is 18.7 Å². The van der Waals surface area contributed by atoms with Gasteiger partial charge in [0.05, 0.1) is 5.92 Å². The van der Waals surface area contributed by atoms with E-state index in [1.54, 1.807) is 6.20 Å². The van der Waals surface area contributed by atoms with E-state index in [4.69, 9.17) is 5.11 Å². The maximum atomic E-state index is 11.0. The minimum atomic E-state index is -0.704. The predicted molar refractivity (Wildman–Crippen MR) is 68.1 cm³/mol. The molecule has 1 aliphatic heterocycles. The van der Waals surface area contributed by atoms with Crippen LogP contribution >= 0.6 is 0 Å². The zero-order valence-corrected chi connectivity index (χ0v) is 10.7. The molecular formula is C12H15N5O2. The number of piperidine rings is 1. The van der Waals surface area contributed by atoms with E-state index in [1.165, 1.54) is 0 Å². The summed E-state index contributed by atoms with van der Waals surface area (Å²) in [4.78, 5) is 17.4. The summed E-state index contributed by atoms with van der Waals surface area (Å²) >= 11 is 0. The van der Waals surface area contributed by atoms with Crippen molar-refractivity contribution < 1.29 is 9.90 Å². The van der Waals surface area contributed by atoms with Gasteiger partial charge in [0.2, 0.25) is 5.65 Å². The Balaban J connectivity index is 1.88. The maximum Gasteiger partial charge on any atom is 0.306 e. The monoisotopic (exact) mass is 261 g/mol. The van der Waals surface area contributed by atoms with Gasteiger partial charge < -0.3 is 10.0 Å². The second-order valence-electron chi connectivity index (χ2n) is 4.79. The Morgan fingerprint density at radius 2 is 2.11 bits per heavy atom. The molecule has 2 aromatic rings. The Morgan fingerprint density at radius 3 is 2.79 bits per heavy atom. The first-order valence-corrected chi connectivity index (χ1v) is 6.31. The van der Waals surface area contributed by atoms with E-state index in [2.05, 4.69) is 20.1 Å². The molecule has 0 amide bonds. The van der Waals surface area contributed by atoms with E-state index in [9.17, 15) is 4.79 Å². The number of nitrogens with zero attached hydrogens (tertiary/aromatic N) is 5. The van der Waals surface area contributed by atoms with Crippen molar-refractivity contribution in [3.05, 3.63) is 18.2 Å². The fourth-order valence-corrected chi connectivity index (χ4v) is 2.49. The lowest BCUT2D eigenvalue weighted by Crippen LogP contribution is -2.37. The molecule has 7 nitrogen and oxygen atoms in total. The number of anilines is 1. The summed E-state index contributed by atoms with van der Waals surface area (Å²) in [6.07, 6.45) is 4.84. The minimum Gasteiger partial charge on any atom is -0.481 e. The van der Waals surface area contributed by atoms with Gasteiger partial charge in [0, 0.05) is 25.5 Å². The Hall–Kier alpha value is -2.18. The lowest BCUT2D eigenvalue weighted by molar-refractivity contribution is -0.142. The fraction of sp³-hybridized carbons (Fsp3) is 0.500. The smallest absolute Gasteiger partial charge is 0.306 e. The zero-order valence-electron chi connectivity index (χ0n) is 10.7. The molecule has 1 aliphatic rings. The van der Waals surface area contributed by atoms with Crippen molar-refractivity contribution in [2.45, 2.75) is 19.8 Å². The van der Waals surface area contributed by atoms with Gasteiger partial charge in [0.25, 0.3) is 0 Å². The summed E-state index contributed by atoms with van der Waals surface area (Å²) < 4.78 is 1.89. The van der Waals surface area contributed by atoms with Gasteiger partial charge in [-0.25, -0.2) is 4.98 Å². The molecule has 0 radical (unpaired) electrons. The van der Waals surface area contributed by atoms with E-state index < -0.39 is 5.97 Å². The number of hydrogen-bond donors (Lipinski definition) is 1. The Bertz CT molecular complexity index is 616. The van der Waals surface area contributed by atoms with Gasteiger partial charge in [0.1, 0.15) is 5.82 Å². The third kappa shape index (κ3) is 2.00. The molecule has 100 valence electrons. The molecule has 2 aromatic heterocycles. The molecule has 0 bridgehead atoms. The first-order chi connectivity index (χ1) is 9.16. The predicted octanol–water partition coefficient (Wildman–Crippen LogP) is 0.734. The molecule has 0 aliphatic carbocycles. The first-order valence-electron chi connectivity index (χ1n) is 6.31. The molecule has 0 aromatic carbocycles. The van der Waals surface area contributed by atoms with Crippen LogP contribution < -0.4 is 4.90 Å². The maximum absolute atomic E-state index is 11.0. The quantitative estimate of drug-likeness (QED) is 0.858. The van der Waals surface area contributed by atoms with Gasteiger partial charge in [0.15, 0.2) is 5.82 Å². The first kappa shape index (κ1) is 11.9. The number of carbonyl (C=O) groups is 1. The number of aryl methyl sites for hydroxylation is 1. The summed E-state index contributed by atoms with van der Waals surface area (Å²) in [5, 5.41) is 17.2. The lowest BCUT2D eigenvalue weighted by Gasteiger charge is -2.30. The molecule has 1 saturated heterocycles. The van der Waals surface area contributed by atoms with Gasteiger partial charge in [-0.05, 0) is 19.8 Å². The number of carboxylic acids is 1. The molecule has 0 saturated carbocycles. The molecule has 1 fully saturated rings. The van der Waals surface area contributed by atoms with Crippen LogP contribution in [0.2, 0.25) is 0 Å². The molecule has 3 heterocycles. The number of aliphatic carboxylic acids is 1. The molecule has 0 atom stereocenters. The third-order valence-electron chi connectivity index (χ3n) is 3.62. The van der Waals surface area contributed by atoms with Crippen molar-refractivity contribution >= 4 is 17.4 Å². The molecule has 0 spiro atoms. The SMILES string of the molecule is Cc1nnc2c(N3CCC(C(=O)O)CC3)nccn12. The van der Waals surface area contributed by atoms with Crippen molar-refractivity contribution in [1.29, 1.82) is 0 Å². The summed E-state index contributed by atoms with van der Waals surface area (Å²) in [7, 11) is 0. The van der Waals surface area contributed by atoms with Gasteiger partial charge in [-0.3, -0.25) is 9.20 Å². The van der Waals surface area contributed by atoms with Crippen LogP contribution in [0.15, 0.2) is 12.4 Å². The highest BCUT2D eigenvalue weighted by Crippen LogP contribution is 2.24. The second-order valence-corrected chi connectivity index (χ2v) is 4.79. The molecule has 19 heavy (non-hydrogen) atoms. The van der Waals surface area contributed by atoms with Crippen LogP contribution in [0.5, 0.6) is 0 Å². The number of hydrogen-bond acceptors (Lipinski definition) is 5. The second kappa shape index (κ2) is 4.49. The third-order valence-corrected chi connectivity index (χ3v) is 3.62. The summed E-state index contributed by atoms with van der Waals surface area (Å²) in [5.74, 6) is 0.658. The largest absolute Gasteiger partial charge is 0.481 e. The minimum absolute atomic E-state index is 0.240. The Labute approximate surface area is 109 Å². The van der Waals surface area contributed by atoms with E-state index >= 15 is 0 Å². The van der Waals surface area contributed by atoms with Crippen LogP contribution in [0.4, 0.5) is 5.82 Å².